The first-order valence-electron chi connectivity index (χ1n) is 9.81. The first-order valence-corrected chi connectivity index (χ1v) is 9.81. The minimum absolute atomic E-state index is 0.0542. The molecular formula is C24H25N2O4+. The smallest absolute Gasteiger partial charge is 0.279 e. The average molecular weight is 405 g/mol. The Labute approximate surface area is 175 Å². The van der Waals surface area contributed by atoms with Crippen LogP contribution in [0.1, 0.15) is 5.56 Å². The fourth-order valence-corrected chi connectivity index (χ4v) is 3.76. The van der Waals surface area contributed by atoms with Crippen molar-refractivity contribution in [3.63, 3.8) is 0 Å². The third-order valence-corrected chi connectivity index (χ3v) is 5.10. The lowest BCUT2D eigenvalue weighted by Crippen LogP contribution is -3.08. The van der Waals surface area contributed by atoms with Gasteiger partial charge in [-0.05, 0) is 36.4 Å². The predicted octanol–water partition coefficient (Wildman–Crippen LogP) is 3.26. The van der Waals surface area contributed by atoms with E-state index in [9.17, 15) is 4.79 Å². The Bertz CT molecular complexity index is 1200. The van der Waals surface area contributed by atoms with E-state index in [1.54, 1.807) is 14.2 Å². The van der Waals surface area contributed by atoms with Crippen LogP contribution >= 0.6 is 0 Å². The maximum Gasteiger partial charge on any atom is 0.279 e. The van der Waals surface area contributed by atoms with Crippen LogP contribution < -0.4 is 19.7 Å². The summed E-state index contributed by atoms with van der Waals surface area (Å²) in [6.07, 6.45) is 0. The molecule has 6 heteroatoms. The van der Waals surface area contributed by atoms with Gasteiger partial charge in [-0.15, -0.1) is 0 Å². The molecule has 0 aliphatic carbocycles. The molecule has 0 aliphatic heterocycles. The van der Waals surface area contributed by atoms with Gasteiger partial charge in [-0.1, -0.05) is 24.3 Å². The average Bonchev–Trinajstić information content (AvgIpc) is 3.11. The Balaban J connectivity index is 1.45. The molecule has 4 aromatic rings. The van der Waals surface area contributed by atoms with Gasteiger partial charge >= 0.3 is 0 Å². The molecule has 1 atom stereocenters. The zero-order valence-electron chi connectivity index (χ0n) is 17.3. The van der Waals surface area contributed by atoms with Crippen LogP contribution in [0, 0.1) is 0 Å². The summed E-state index contributed by atoms with van der Waals surface area (Å²) in [5.41, 5.74) is 3.40. The standard InChI is InChI=1S/C24H24N2O4/c1-26(14-16-7-6-10-22(28-2)24(16)29-3)15-23(27)25-17-11-12-21-19(13-17)18-8-4-5-9-20(18)30-21/h4-13H,14-15H2,1-3H3,(H,25,27)/p+1. The second-order valence-corrected chi connectivity index (χ2v) is 7.32. The molecule has 1 aromatic heterocycles. The van der Waals surface area contributed by atoms with Gasteiger partial charge < -0.3 is 24.1 Å². The van der Waals surface area contributed by atoms with Crippen LogP contribution in [-0.2, 0) is 11.3 Å². The first-order chi connectivity index (χ1) is 14.6. The molecule has 0 aliphatic rings. The molecular weight excluding hydrogens is 380 g/mol. The molecule has 6 nitrogen and oxygen atoms in total. The highest BCUT2D eigenvalue weighted by Gasteiger charge is 2.16. The van der Waals surface area contributed by atoms with Gasteiger partial charge in [0.1, 0.15) is 17.7 Å². The highest BCUT2D eigenvalue weighted by Crippen LogP contribution is 2.31. The minimum Gasteiger partial charge on any atom is -0.493 e. The van der Waals surface area contributed by atoms with Crippen molar-refractivity contribution in [2.24, 2.45) is 0 Å². The molecule has 3 aromatic carbocycles. The SMILES string of the molecule is COc1cccc(C[NH+](C)CC(=O)Nc2ccc3oc4ccccc4c3c2)c1OC. The van der Waals surface area contributed by atoms with Crippen LogP contribution in [0.4, 0.5) is 5.69 Å². The van der Waals surface area contributed by atoms with Crippen LogP contribution in [0.2, 0.25) is 0 Å². The number of hydrogen-bond donors (Lipinski definition) is 2. The number of quaternary nitrogens is 1. The molecule has 0 radical (unpaired) electrons. The highest BCUT2D eigenvalue weighted by atomic mass is 16.5. The van der Waals surface area contributed by atoms with E-state index in [1.807, 2.05) is 67.7 Å². The quantitative estimate of drug-likeness (QED) is 0.495. The lowest BCUT2D eigenvalue weighted by atomic mass is 10.1. The second kappa shape index (κ2) is 8.47. The maximum absolute atomic E-state index is 12.6. The van der Waals surface area contributed by atoms with Crippen molar-refractivity contribution in [2.75, 3.05) is 33.1 Å². The van der Waals surface area contributed by atoms with Gasteiger partial charge in [0.2, 0.25) is 0 Å². The summed E-state index contributed by atoms with van der Waals surface area (Å²) >= 11 is 0. The van der Waals surface area contributed by atoms with Crippen LogP contribution in [0.25, 0.3) is 21.9 Å². The molecule has 0 spiro atoms. The van der Waals surface area contributed by atoms with E-state index in [0.29, 0.717) is 24.6 Å². The third-order valence-electron chi connectivity index (χ3n) is 5.10. The lowest BCUT2D eigenvalue weighted by molar-refractivity contribution is -0.885. The summed E-state index contributed by atoms with van der Waals surface area (Å²) in [4.78, 5) is 13.7. The van der Waals surface area contributed by atoms with Gasteiger partial charge in [0.25, 0.3) is 5.91 Å². The predicted molar refractivity (Wildman–Crippen MR) is 117 cm³/mol. The van der Waals surface area contributed by atoms with Crippen molar-refractivity contribution in [2.45, 2.75) is 6.54 Å². The van der Waals surface area contributed by atoms with Gasteiger partial charge in [-0.2, -0.15) is 0 Å². The number of rotatable bonds is 7. The third kappa shape index (κ3) is 3.95. The summed E-state index contributed by atoms with van der Waals surface area (Å²) in [5.74, 6) is 1.34. The summed E-state index contributed by atoms with van der Waals surface area (Å²) in [7, 11) is 5.22. The Morgan fingerprint density at radius 1 is 0.967 bits per heavy atom. The number of nitrogens with one attached hydrogen (secondary N) is 2. The molecule has 154 valence electrons. The molecule has 1 heterocycles. The minimum atomic E-state index is -0.0542. The number of fused-ring (bicyclic) bond motifs is 3. The van der Waals surface area contributed by atoms with Gasteiger partial charge in [0.15, 0.2) is 18.0 Å². The first kappa shape index (κ1) is 19.8. The zero-order chi connectivity index (χ0) is 21.1. The number of benzene rings is 3. The van der Waals surface area contributed by atoms with E-state index in [0.717, 1.165) is 38.1 Å². The number of anilines is 1. The largest absolute Gasteiger partial charge is 0.493 e. The number of likely N-dealkylation sites (N-methyl/N-ethyl adjacent to an activating group) is 1. The molecule has 2 N–H and O–H groups in total. The number of furan rings is 1. The lowest BCUT2D eigenvalue weighted by Gasteiger charge is -2.17. The van der Waals surface area contributed by atoms with Crippen molar-refractivity contribution < 1.29 is 23.6 Å². The van der Waals surface area contributed by atoms with E-state index >= 15 is 0 Å². The monoisotopic (exact) mass is 405 g/mol. The van der Waals surface area contributed by atoms with Crippen LogP contribution in [0.5, 0.6) is 11.5 Å². The Kier molecular flexibility index (Phi) is 5.59. The Hall–Kier alpha value is -3.51. The molecule has 0 saturated carbocycles. The van der Waals surface area contributed by atoms with Crippen LogP contribution in [0.3, 0.4) is 0 Å². The van der Waals surface area contributed by atoms with Gasteiger partial charge in [-0.3, -0.25) is 4.79 Å². The summed E-state index contributed by atoms with van der Waals surface area (Å²) < 4.78 is 16.7. The number of carbonyl (C=O) groups is 1. The molecule has 1 amide bonds. The summed E-state index contributed by atoms with van der Waals surface area (Å²) in [5, 5.41) is 5.03. The summed E-state index contributed by atoms with van der Waals surface area (Å²) in [6, 6.07) is 19.4. The van der Waals surface area contributed by atoms with Gasteiger partial charge in [-0.25, -0.2) is 0 Å². The van der Waals surface area contributed by atoms with E-state index in [4.69, 9.17) is 13.9 Å². The van der Waals surface area contributed by atoms with E-state index in [2.05, 4.69) is 5.32 Å². The topological polar surface area (TPSA) is 65.1 Å². The van der Waals surface area contributed by atoms with Gasteiger partial charge in [0, 0.05) is 16.5 Å². The molecule has 0 bridgehead atoms. The molecule has 4 rings (SSSR count). The Morgan fingerprint density at radius 3 is 2.57 bits per heavy atom. The van der Waals surface area contributed by atoms with Crippen LogP contribution in [0.15, 0.2) is 65.1 Å². The second-order valence-electron chi connectivity index (χ2n) is 7.32. The van der Waals surface area contributed by atoms with Crippen molar-refractivity contribution in [3.8, 4) is 11.5 Å². The van der Waals surface area contributed by atoms with E-state index in [-0.39, 0.29) is 5.91 Å². The Morgan fingerprint density at radius 2 is 1.77 bits per heavy atom. The zero-order valence-corrected chi connectivity index (χ0v) is 17.3. The van der Waals surface area contributed by atoms with Crippen molar-refractivity contribution in [1.82, 2.24) is 0 Å². The van der Waals surface area contributed by atoms with Crippen molar-refractivity contribution in [3.05, 3.63) is 66.2 Å². The van der Waals surface area contributed by atoms with E-state index in [1.165, 1.54) is 0 Å². The van der Waals surface area contributed by atoms with Gasteiger partial charge in [0.05, 0.1) is 26.8 Å². The fourth-order valence-electron chi connectivity index (χ4n) is 3.76. The normalized spacial score (nSPS) is 12.1. The van der Waals surface area contributed by atoms with E-state index < -0.39 is 0 Å². The maximum atomic E-state index is 12.6. The number of amides is 1. The van der Waals surface area contributed by atoms with Crippen molar-refractivity contribution >= 4 is 33.5 Å². The number of methoxy groups -OCH3 is 2. The fraction of sp³-hybridized carbons (Fsp3) is 0.208. The number of hydrogen-bond acceptors (Lipinski definition) is 4. The number of para-hydroxylation sites is 2. The number of carbonyl (C=O) groups excluding carboxylic acids is 1. The molecule has 0 saturated heterocycles. The van der Waals surface area contributed by atoms with Crippen LogP contribution in [-0.4, -0.2) is 33.7 Å². The summed E-state index contributed by atoms with van der Waals surface area (Å²) in [6.45, 7) is 0.962. The van der Waals surface area contributed by atoms with Crippen molar-refractivity contribution in [1.29, 1.82) is 0 Å². The molecule has 0 fully saturated rings. The molecule has 30 heavy (non-hydrogen) atoms. The molecule has 1 unspecified atom stereocenters. The number of ether oxygens (including phenoxy) is 2. The highest BCUT2D eigenvalue weighted by molar-refractivity contribution is 6.06.